The second-order valence-corrected chi connectivity index (χ2v) is 7.79. The number of thiocarbonyl (C=S) groups is 1. The number of nitrogens with zero attached hydrogens (tertiary/aromatic N) is 1. The molecule has 0 radical (unpaired) electrons. The Morgan fingerprint density at radius 3 is 2.66 bits per heavy atom. The lowest BCUT2D eigenvalue weighted by molar-refractivity contribution is -0.122. The van der Waals surface area contributed by atoms with Crippen LogP contribution in [0, 0.1) is 0 Å². The molecule has 2 aromatic rings. The Kier molecular flexibility index (Phi) is 6.40. The number of aromatic hydroxyl groups is 2. The molecule has 3 rings (SSSR count). The molecule has 1 heterocycles. The maximum atomic E-state index is 12.7. The zero-order valence-electron chi connectivity index (χ0n) is 15.4. The maximum absolute atomic E-state index is 12.7. The van der Waals surface area contributed by atoms with Gasteiger partial charge in [-0.25, -0.2) is 0 Å². The van der Waals surface area contributed by atoms with Crippen LogP contribution in [0.1, 0.15) is 12.0 Å². The van der Waals surface area contributed by atoms with Crippen LogP contribution in [-0.2, 0) is 9.59 Å². The molecular weight excluding hydrogens is 412 g/mol. The number of methoxy groups -OCH3 is 1. The van der Waals surface area contributed by atoms with Crippen molar-refractivity contribution in [3.8, 4) is 17.2 Å². The van der Waals surface area contributed by atoms with E-state index in [-0.39, 0.29) is 36.3 Å². The van der Waals surface area contributed by atoms with Gasteiger partial charge in [0.05, 0.1) is 12.0 Å². The highest BCUT2D eigenvalue weighted by molar-refractivity contribution is 8.26. The molecule has 0 aromatic heterocycles. The van der Waals surface area contributed by atoms with Crippen molar-refractivity contribution in [1.82, 2.24) is 4.90 Å². The molecule has 0 aliphatic carbocycles. The van der Waals surface area contributed by atoms with Gasteiger partial charge in [0.1, 0.15) is 10.1 Å². The Morgan fingerprint density at radius 2 is 1.97 bits per heavy atom. The molecule has 1 fully saturated rings. The predicted octanol–water partition coefficient (Wildman–Crippen LogP) is 3.34. The summed E-state index contributed by atoms with van der Waals surface area (Å²) in [7, 11) is 1.45. The quantitative estimate of drug-likeness (QED) is 0.367. The molecule has 1 aliphatic heterocycles. The molecule has 150 valence electrons. The normalized spacial score (nSPS) is 15.1. The number of anilines is 1. The van der Waals surface area contributed by atoms with Crippen molar-refractivity contribution in [3.63, 3.8) is 0 Å². The number of thioether (sulfide) groups is 1. The second-order valence-electron chi connectivity index (χ2n) is 6.11. The fourth-order valence-electron chi connectivity index (χ4n) is 2.61. The number of carbonyl (C=O) groups excluding carboxylic acids is 2. The van der Waals surface area contributed by atoms with E-state index < -0.39 is 0 Å². The number of hydrogen-bond donors (Lipinski definition) is 3. The van der Waals surface area contributed by atoms with Gasteiger partial charge in [0.2, 0.25) is 5.91 Å². The van der Waals surface area contributed by atoms with Crippen LogP contribution >= 0.6 is 24.0 Å². The first-order valence-electron chi connectivity index (χ1n) is 8.58. The van der Waals surface area contributed by atoms with Crippen molar-refractivity contribution in [2.24, 2.45) is 0 Å². The maximum Gasteiger partial charge on any atom is 0.266 e. The third-order valence-electron chi connectivity index (χ3n) is 4.09. The number of phenols is 2. The SMILES string of the molecule is COc1cc(/C=C2\SC(=S)N(CCC(=O)Nc3ccc(O)cc3)C2=O)ccc1O. The lowest BCUT2D eigenvalue weighted by Crippen LogP contribution is -2.31. The standard InChI is InChI=1S/C20H18N2O5S2/c1-27-16-10-12(2-7-15(16)24)11-17-19(26)22(20(28)29-17)9-8-18(25)21-13-3-5-14(23)6-4-13/h2-7,10-11,23-24H,8-9H2,1H3,(H,21,25)/b17-11-. The van der Waals surface area contributed by atoms with Gasteiger partial charge in [-0.3, -0.25) is 14.5 Å². The van der Waals surface area contributed by atoms with Crippen LogP contribution in [0.3, 0.4) is 0 Å². The first kappa shape index (κ1) is 20.7. The largest absolute Gasteiger partial charge is 0.508 e. The number of benzene rings is 2. The van der Waals surface area contributed by atoms with E-state index in [1.807, 2.05) is 0 Å². The van der Waals surface area contributed by atoms with E-state index in [4.69, 9.17) is 17.0 Å². The topological polar surface area (TPSA) is 99.1 Å². The van der Waals surface area contributed by atoms with E-state index >= 15 is 0 Å². The Morgan fingerprint density at radius 1 is 1.24 bits per heavy atom. The number of carbonyl (C=O) groups is 2. The lowest BCUT2D eigenvalue weighted by atomic mass is 10.2. The second kappa shape index (κ2) is 8.97. The minimum absolute atomic E-state index is 0.0110. The molecule has 0 saturated carbocycles. The molecule has 2 aromatic carbocycles. The number of hydrogen-bond acceptors (Lipinski definition) is 7. The average molecular weight is 431 g/mol. The van der Waals surface area contributed by atoms with Crippen LogP contribution in [0.4, 0.5) is 5.69 Å². The predicted molar refractivity (Wildman–Crippen MR) is 116 cm³/mol. The van der Waals surface area contributed by atoms with Gasteiger partial charge in [-0.15, -0.1) is 0 Å². The van der Waals surface area contributed by atoms with Gasteiger partial charge in [0.15, 0.2) is 11.5 Å². The van der Waals surface area contributed by atoms with Crippen molar-refractivity contribution in [2.75, 3.05) is 19.0 Å². The summed E-state index contributed by atoms with van der Waals surface area (Å²) in [5.74, 6) is -0.114. The van der Waals surface area contributed by atoms with Gasteiger partial charge < -0.3 is 20.3 Å². The Labute approximate surface area is 177 Å². The van der Waals surface area contributed by atoms with E-state index in [1.165, 1.54) is 30.2 Å². The number of ether oxygens (including phenoxy) is 1. The number of rotatable bonds is 6. The third-order valence-corrected chi connectivity index (χ3v) is 5.47. The Bertz CT molecular complexity index is 989. The molecule has 7 nitrogen and oxygen atoms in total. The molecule has 9 heteroatoms. The summed E-state index contributed by atoms with van der Waals surface area (Å²) in [6, 6.07) is 10.9. The summed E-state index contributed by atoms with van der Waals surface area (Å²) in [4.78, 5) is 26.6. The van der Waals surface area contributed by atoms with Crippen LogP contribution in [-0.4, -0.2) is 44.9 Å². The summed E-state index contributed by atoms with van der Waals surface area (Å²) >= 11 is 6.44. The van der Waals surface area contributed by atoms with Crippen molar-refractivity contribution in [3.05, 3.63) is 52.9 Å². The van der Waals surface area contributed by atoms with Gasteiger partial charge in [-0.2, -0.15) is 0 Å². The molecular formula is C20H18N2O5S2. The van der Waals surface area contributed by atoms with Crippen molar-refractivity contribution in [1.29, 1.82) is 0 Å². The minimum Gasteiger partial charge on any atom is -0.508 e. The van der Waals surface area contributed by atoms with E-state index in [9.17, 15) is 19.8 Å². The summed E-state index contributed by atoms with van der Waals surface area (Å²) in [5.41, 5.74) is 1.24. The summed E-state index contributed by atoms with van der Waals surface area (Å²) in [6.07, 6.45) is 1.74. The van der Waals surface area contributed by atoms with Crippen LogP contribution in [0.15, 0.2) is 47.4 Å². The highest BCUT2D eigenvalue weighted by Crippen LogP contribution is 2.34. The van der Waals surface area contributed by atoms with E-state index in [0.29, 0.717) is 26.2 Å². The fraction of sp³-hybridized carbons (Fsp3) is 0.150. The molecule has 2 amide bonds. The molecule has 29 heavy (non-hydrogen) atoms. The van der Waals surface area contributed by atoms with Crippen LogP contribution in [0.2, 0.25) is 0 Å². The monoisotopic (exact) mass is 430 g/mol. The van der Waals surface area contributed by atoms with Gasteiger partial charge in [0, 0.05) is 18.7 Å². The molecule has 3 N–H and O–H groups in total. The van der Waals surface area contributed by atoms with E-state index in [2.05, 4.69) is 5.32 Å². The first-order valence-corrected chi connectivity index (χ1v) is 9.81. The zero-order chi connectivity index (χ0) is 21.0. The lowest BCUT2D eigenvalue weighted by Gasteiger charge is -2.14. The summed E-state index contributed by atoms with van der Waals surface area (Å²) in [5, 5.41) is 21.6. The smallest absolute Gasteiger partial charge is 0.266 e. The van der Waals surface area contributed by atoms with Crippen LogP contribution in [0.25, 0.3) is 6.08 Å². The van der Waals surface area contributed by atoms with Gasteiger partial charge in [-0.1, -0.05) is 30.0 Å². The van der Waals surface area contributed by atoms with Crippen LogP contribution in [0.5, 0.6) is 17.2 Å². The average Bonchev–Trinajstić information content (AvgIpc) is 2.96. The minimum atomic E-state index is -0.274. The molecule has 0 atom stereocenters. The molecule has 1 aliphatic rings. The highest BCUT2D eigenvalue weighted by Gasteiger charge is 2.32. The third kappa shape index (κ3) is 5.07. The van der Waals surface area contributed by atoms with E-state index in [1.54, 1.807) is 30.3 Å². The number of nitrogens with one attached hydrogen (secondary N) is 1. The van der Waals surface area contributed by atoms with E-state index in [0.717, 1.165) is 11.8 Å². The van der Waals surface area contributed by atoms with Crippen molar-refractivity contribution >= 4 is 51.9 Å². The van der Waals surface area contributed by atoms with Gasteiger partial charge >= 0.3 is 0 Å². The fourth-order valence-corrected chi connectivity index (χ4v) is 3.92. The molecule has 0 unspecified atom stereocenters. The van der Waals surface area contributed by atoms with Gasteiger partial charge in [0.25, 0.3) is 5.91 Å². The number of phenolic OH excluding ortho intramolecular Hbond substituents is 2. The summed E-state index contributed by atoms with van der Waals surface area (Å²) < 4.78 is 5.45. The zero-order valence-corrected chi connectivity index (χ0v) is 17.0. The summed E-state index contributed by atoms with van der Waals surface area (Å²) in [6.45, 7) is 0.158. The first-order chi connectivity index (χ1) is 13.9. The highest BCUT2D eigenvalue weighted by atomic mass is 32.2. The van der Waals surface area contributed by atoms with Crippen LogP contribution < -0.4 is 10.1 Å². The number of amides is 2. The Hall–Kier alpha value is -3.04. The molecule has 1 saturated heterocycles. The van der Waals surface area contributed by atoms with Crippen molar-refractivity contribution in [2.45, 2.75) is 6.42 Å². The van der Waals surface area contributed by atoms with Crippen molar-refractivity contribution < 1.29 is 24.5 Å². The Balaban J connectivity index is 1.63. The molecule has 0 bridgehead atoms. The molecule has 0 spiro atoms. The van der Waals surface area contributed by atoms with Gasteiger partial charge in [-0.05, 0) is 48.0 Å².